The van der Waals surface area contributed by atoms with E-state index < -0.39 is 50.8 Å². The number of carbonyl (C=O) groups excluding carboxylic acids is 3. The van der Waals surface area contributed by atoms with Crippen molar-refractivity contribution >= 4 is 44.5 Å². The molecule has 4 amide bonds. The first-order valence-corrected chi connectivity index (χ1v) is 17.1. The van der Waals surface area contributed by atoms with Gasteiger partial charge in [0.05, 0.1) is 48.4 Å². The number of benzene rings is 1. The van der Waals surface area contributed by atoms with E-state index in [0.29, 0.717) is 48.2 Å². The summed E-state index contributed by atoms with van der Waals surface area (Å²) in [6.45, 7) is 2.92. The Balaban J connectivity index is 1.41. The van der Waals surface area contributed by atoms with Crippen molar-refractivity contribution in [3.63, 3.8) is 0 Å². The minimum Gasteiger partial charge on any atom is -0.496 e. The number of oxazole rings is 1. The van der Waals surface area contributed by atoms with Crippen molar-refractivity contribution in [2.45, 2.75) is 55.7 Å². The normalized spacial score (nSPS) is 24.3. The Morgan fingerprint density at radius 1 is 1.23 bits per heavy atom. The van der Waals surface area contributed by atoms with Crippen LogP contribution in [0.25, 0.3) is 4.91 Å². The summed E-state index contributed by atoms with van der Waals surface area (Å²) in [5.74, 6) is -1.39. The Labute approximate surface area is 259 Å². The van der Waals surface area contributed by atoms with Crippen LogP contribution in [-0.2, 0) is 29.1 Å². The molecule has 3 atom stereocenters. The van der Waals surface area contributed by atoms with Crippen LogP contribution in [0.15, 0.2) is 46.7 Å². The smallest absolute Gasteiger partial charge is 0.328 e. The van der Waals surface area contributed by atoms with Crippen molar-refractivity contribution in [3.05, 3.63) is 53.8 Å². The first-order valence-electron chi connectivity index (χ1n) is 14.3. The van der Waals surface area contributed by atoms with Crippen LogP contribution in [0, 0.1) is 5.92 Å². The molecule has 2 saturated heterocycles. The lowest BCUT2D eigenvalue weighted by Crippen LogP contribution is -2.66. The summed E-state index contributed by atoms with van der Waals surface area (Å²) in [5, 5.41) is -0.683. The third-order valence-corrected chi connectivity index (χ3v) is 10.5. The average molecular weight is 647 g/mol. The number of methoxy groups -OCH3 is 1. The van der Waals surface area contributed by atoms with Gasteiger partial charge in [0.25, 0.3) is 5.91 Å². The van der Waals surface area contributed by atoms with Gasteiger partial charge in [-0.15, -0.1) is 0 Å². The predicted molar refractivity (Wildman–Crippen MR) is 159 cm³/mol. The number of thioether (sulfide) groups is 1. The van der Waals surface area contributed by atoms with Crippen LogP contribution in [-0.4, -0.2) is 91.2 Å². The molecule has 0 radical (unpaired) electrons. The highest BCUT2D eigenvalue weighted by Gasteiger charge is 2.65. The molecule has 0 spiro atoms. The van der Waals surface area contributed by atoms with E-state index in [4.69, 9.17) is 18.6 Å². The van der Waals surface area contributed by atoms with Crippen molar-refractivity contribution in [2.75, 3.05) is 33.1 Å². The Kier molecular flexibility index (Phi) is 8.24. The number of hydrogen-bond acceptors (Lipinski definition) is 11. The summed E-state index contributed by atoms with van der Waals surface area (Å²) in [6, 6.07) is 6.71. The summed E-state index contributed by atoms with van der Waals surface area (Å²) < 4.78 is 49.4. The molecule has 1 aliphatic carbocycles. The topological polar surface area (TPSA) is 158 Å². The fourth-order valence-corrected chi connectivity index (χ4v) is 8.14. The largest absolute Gasteiger partial charge is 0.496 e. The van der Waals surface area contributed by atoms with E-state index in [-0.39, 0.29) is 25.5 Å². The number of carbonyl (C=O) groups is 3. The Bertz CT molecular complexity index is 1580. The lowest BCUT2D eigenvalue weighted by Gasteiger charge is -2.45. The fraction of sp³-hybridized carbons (Fsp3) is 0.517. The van der Waals surface area contributed by atoms with E-state index in [0.717, 1.165) is 16.7 Å². The molecular formula is C29H34N4O9S2. The Morgan fingerprint density at radius 3 is 2.59 bits per heavy atom. The molecule has 2 unspecified atom stereocenters. The van der Waals surface area contributed by atoms with E-state index in [1.807, 2.05) is 29.0 Å². The van der Waals surface area contributed by atoms with Crippen molar-refractivity contribution in [3.8, 4) is 5.75 Å². The number of nitrogens with one attached hydrogen (secondary N) is 1. The number of nitrogens with zero attached hydrogens (tertiary/aromatic N) is 3. The zero-order chi connectivity index (χ0) is 31.2. The molecule has 3 fully saturated rings. The first-order chi connectivity index (χ1) is 21.0. The second-order valence-electron chi connectivity index (χ2n) is 11.4. The molecule has 4 heterocycles. The van der Waals surface area contributed by atoms with Gasteiger partial charge in [-0.05, 0) is 44.2 Å². The molecule has 13 nitrogen and oxygen atoms in total. The van der Waals surface area contributed by atoms with Gasteiger partial charge in [-0.2, -0.15) is 0 Å². The predicted octanol–water partition coefficient (Wildman–Crippen LogP) is 2.91. The summed E-state index contributed by atoms with van der Waals surface area (Å²) in [5.41, 5.74) is -0.238. The van der Waals surface area contributed by atoms with Gasteiger partial charge in [-0.3, -0.25) is 14.3 Å². The van der Waals surface area contributed by atoms with Crippen molar-refractivity contribution in [2.24, 2.45) is 5.92 Å². The molecule has 0 bridgehead atoms. The van der Waals surface area contributed by atoms with Crippen molar-refractivity contribution < 1.29 is 41.4 Å². The number of sulfonamides is 1. The van der Waals surface area contributed by atoms with Crippen LogP contribution in [0.1, 0.15) is 50.2 Å². The second kappa shape index (κ2) is 11.8. The van der Waals surface area contributed by atoms with E-state index in [2.05, 4.69) is 4.98 Å². The molecule has 1 aromatic carbocycles. The highest BCUT2D eigenvalue weighted by Crippen LogP contribution is 2.54. The number of imide groups is 1. The van der Waals surface area contributed by atoms with Gasteiger partial charge in [0, 0.05) is 18.8 Å². The van der Waals surface area contributed by atoms with E-state index in [9.17, 15) is 22.8 Å². The standard InChI is InChI=1S/C29H34N4O9S2/c1-17-22-25(34)33(29(10-11-29)27(35)31-44(3,37)38)28(36)32(26(22)43-23(17)24-30-12-15-41-24)16-21(42-18-8-13-40-14-9-18)19-6-4-5-7-20(19)39-2/h4-7,12,15,18,21-22,26H,8-11,13-14,16H2,1-3H3,(H,31,35)/t21-,22?,26?/m0/s1. The molecule has 1 saturated carbocycles. The molecule has 3 aliphatic heterocycles. The molecule has 4 aliphatic rings. The molecule has 6 rings (SSSR count). The number of urea groups is 1. The molecule has 15 heteroatoms. The number of aromatic nitrogens is 1. The van der Waals surface area contributed by atoms with Gasteiger partial charge in [0.2, 0.25) is 21.8 Å². The van der Waals surface area contributed by atoms with Crippen LogP contribution in [0.3, 0.4) is 0 Å². The quantitative estimate of drug-likeness (QED) is 0.405. The van der Waals surface area contributed by atoms with Crippen LogP contribution >= 0.6 is 11.8 Å². The molecule has 236 valence electrons. The number of amides is 4. The highest BCUT2D eigenvalue weighted by atomic mass is 32.2. The summed E-state index contributed by atoms with van der Waals surface area (Å²) in [6.07, 6.45) is 4.65. The van der Waals surface area contributed by atoms with Gasteiger partial charge < -0.3 is 23.5 Å². The van der Waals surface area contributed by atoms with Crippen LogP contribution in [0.5, 0.6) is 5.75 Å². The monoisotopic (exact) mass is 646 g/mol. The number of rotatable bonds is 10. The summed E-state index contributed by atoms with van der Waals surface area (Å²) in [4.78, 5) is 49.4. The minimum atomic E-state index is -3.94. The summed E-state index contributed by atoms with van der Waals surface area (Å²) in [7, 11) is -2.38. The van der Waals surface area contributed by atoms with E-state index in [1.165, 1.54) is 24.2 Å². The lowest BCUT2D eigenvalue weighted by molar-refractivity contribution is -0.144. The van der Waals surface area contributed by atoms with Crippen LogP contribution in [0.2, 0.25) is 0 Å². The first kappa shape index (κ1) is 30.6. The van der Waals surface area contributed by atoms with Gasteiger partial charge in [0.15, 0.2) is 0 Å². The van der Waals surface area contributed by atoms with E-state index in [1.54, 1.807) is 18.9 Å². The maximum absolute atomic E-state index is 14.5. The summed E-state index contributed by atoms with van der Waals surface area (Å²) >= 11 is 1.30. The Hall–Kier alpha value is -3.40. The van der Waals surface area contributed by atoms with Crippen LogP contribution in [0.4, 0.5) is 4.79 Å². The Morgan fingerprint density at radius 2 is 1.95 bits per heavy atom. The van der Waals surface area contributed by atoms with Gasteiger partial charge in [-0.25, -0.2) is 23.1 Å². The number of fused-ring (bicyclic) bond motifs is 1. The maximum atomic E-state index is 14.5. The van der Waals surface area contributed by atoms with Crippen LogP contribution < -0.4 is 9.46 Å². The lowest BCUT2D eigenvalue weighted by atomic mass is 9.93. The fourth-order valence-electron chi connectivity index (χ4n) is 6.09. The average Bonchev–Trinajstić information content (AvgIpc) is 3.45. The second-order valence-corrected chi connectivity index (χ2v) is 14.2. The maximum Gasteiger partial charge on any atom is 0.328 e. The molecule has 1 aromatic heterocycles. The van der Waals surface area contributed by atoms with Crippen molar-refractivity contribution in [1.29, 1.82) is 0 Å². The highest BCUT2D eigenvalue weighted by molar-refractivity contribution is 8.09. The van der Waals surface area contributed by atoms with E-state index >= 15 is 0 Å². The number of para-hydroxylation sites is 1. The van der Waals surface area contributed by atoms with Gasteiger partial charge in [-0.1, -0.05) is 30.0 Å². The van der Waals surface area contributed by atoms with Crippen molar-refractivity contribution in [1.82, 2.24) is 19.5 Å². The third kappa shape index (κ3) is 5.61. The number of ether oxygens (including phenoxy) is 3. The molecular weight excluding hydrogens is 612 g/mol. The zero-order valence-electron chi connectivity index (χ0n) is 24.6. The molecule has 1 N–H and O–H groups in total. The van der Waals surface area contributed by atoms with Gasteiger partial charge in [0.1, 0.15) is 23.7 Å². The SMILES string of the molecule is COc1ccccc1[C@H](CN1C(=O)N(C2(C(=O)NS(C)(=O)=O)CC2)C(=O)C2C(C)=C(c3ncco3)SC21)OC1CCOCC1. The third-order valence-electron chi connectivity index (χ3n) is 8.43. The van der Waals surface area contributed by atoms with Gasteiger partial charge >= 0.3 is 6.03 Å². The molecule has 2 aromatic rings. The number of hydrogen-bond donors (Lipinski definition) is 1. The minimum absolute atomic E-state index is 0.0322. The molecule has 44 heavy (non-hydrogen) atoms. The zero-order valence-corrected chi connectivity index (χ0v) is 26.2.